The summed E-state index contributed by atoms with van der Waals surface area (Å²) in [7, 11) is 0. The van der Waals surface area contributed by atoms with Gasteiger partial charge in [-0.2, -0.15) is 0 Å². The fourth-order valence-electron chi connectivity index (χ4n) is 3.80. The monoisotopic (exact) mass is 436 g/mol. The number of aromatic nitrogens is 3. The van der Waals surface area contributed by atoms with E-state index in [0.717, 1.165) is 27.9 Å². The van der Waals surface area contributed by atoms with Gasteiger partial charge in [0, 0.05) is 29.3 Å². The highest BCUT2D eigenvalue weighted by Gasteiger charge is 2.31. The number of nitrogens with zero attached hydrogens (tertiary/aromatic N) is 4. The van der Waals surface area contributed by atoms with Gasteiger partial charge < -0.3 is 13.9 Å². The van der Waals surface area contributed by atoms with E-state index in [1.807, 2.05) is 53.4 Å². The molecule has 1 aromatic carbocycles. The summed E-state index contributed by atoms with van der Waals surface area (Å²) in [5, 5.41) is 0. The lowest BCUT2D eigenvalue weighted by molar-refractivity contribution is 0.0788. The number of hydrogen-bond donors (Lipinski definition) is 0. The van der Waals surface area contributed by atoms with E-state index in [0.29, 0.717) is 24.4 Å². The molecule has 1 atom stereocenters. The Balaban J connectivity index is 1.50. The summed E-state index contributed by atoms with van der Waals surface area (Å²) < 4.78 is 8.62. The minimum atomic E-state index is 0.0423. The van der Waals surface area contributed by atoms with Gasteiger partial charge in [-0.05, 0) is 48.9 Å². The molecule has 0 spiro atoms. The van der Waals surface area contributed by atoms with Gasteiger partial charge in [-0.25, -0.2) is 9.97 Å². The number of rotatable bonds is 3. The number of furan rings is 1. The summed E-state index contributed by atoms with van der Waals surface area (Å²) in [4.78, 5) is 24.1. The number of carbonyl (C=O) groups excluding carboxylic acids is 1. The van der Waals surface area contributed by atoms with Crippen LogP contribution in [-0.2, 0) is 0 Å². The fourth-order valence-corrected chi connectivity index (χ4v) is 4.20. The average Bonchev–Trinajstić information content (AvgIpc) is 3.45. The number of imidazole rings is 1. The summed E-state index contributed by atoms with van der Waals surface area (Å²) >= 11 is 3.44. The van der Waals surface area contributed by atoms with Crippen LogP contribution in [-0.4, -0.2) is 38.4 Å². The van der Waals surface area contributed by atoms with Crippen LogP contribution in [0.15, 0.2) is 69.9 Å². The van der Waals surface area contributed by atoms with E-state index in [4.69, 9.17) is 9.40 Å². The smallest absolute Gasteiger partial charge is 0.253 e. The van der Waals surface area contributed by atoms with Crippen molar-refractivity contribution in [2.75, 3.05) is 13.1 Å². The number of hydrogen-bond acceptors (Lipinski definition) is 4. The normalized spacial score (nSPS) is 16.8. The lowest BCUT2D eigenvalue weighted by atomic mass is 10.2. The summed E-state index contributed by atoms with van der Waals surface area (Å²) in [6, 6.07) is 15.2. The van der Waals surface area contributed by atoms with E-state index < -0.39 is 0 Å². The maximum absolute atomic E-state index is 12.9. The Morgan fingerprint density at radius 1 is 1.18 bits per heavy atom. The standard InChI is InChI=1S/C21H17BrN4O2/c22-15-5-1-4-14(12-15)21(27)25-10-8-16(13-25)26-19-17(6-2-9-23-19)24-20(26)18-7-3-11-28-18/h1-7,9,11-12,16H,8,10,13H2/t16-/m1/s1. The number of amides is 1. The van der Waals surface area contributed by atoms with Crippen LogP contribution < -0.4 is 0 Å². The molecule has 5 rings (SSSR count). The summed E-state index contributed by atoms with van der Waals surface area (Å²) in [5.74, 6) is 1.50. The van der Waals surface area contributed by atoms with E-state index in [2.05, 4.69) is 25.5 Å². The number of carbonyl (C=O) groups is 1. The molecule has 0 N–H and O–H groups in total. The SMILES string of the molecule is O=C(c1cccc(Br)c1)N1CC[C@@H](n2c(-c3ccco3)nc3cccnc32)C1. The molecule has 1 saturated heterocycles. The minimum absolute atomic E-state index is 0.0423. The minimum Gasteiger partial charge on any atom is -0.461 e. The Labute approximate surface area is 169 Å². The third-order valence-electron chi connectivity index (χ3n) is 5.08. The molecule has 0 bridgehead atoms. The molecule has 4 heterocycles. The van der Waals surface area contributed by atoms with Crippen molar-refractivity contribution in [2.24, 2.45) is 0 Å². The summed E-state index contributed by atoms with van der Waals surface area (Å²) in [6.45, 7) is 1.31. The zero-order valence-electron chi connectivity index (χ0n) is 15.0. The molecule has 1 aliphatic rings. The third kappa shape index (κ3) is 2.92. The fraction of sp³-hybridized carbons (Fsp3) is 0.190. The van der Waals surface area contributed by atoms with E-state index >= 15 is 0 Å². The molecule has 7 heteroatoms. The van der Waals surface area contributed by atoms with Crippen LogP contribution in [0, 0.1) is 0 Å². The summed E-state index contributed by atoms with van der Waals surface area (Å²) in [5.41, 5.74) is 2.33. The number of fused-ring (bicyclic) bond motifs is 1. The highest BCUT2D eigenvalue weighted by molar-refractivity contribution is 9.10. The quantitative estimate of drug-likeness (QED) is 0.472. The van der Waals surface area contributed by atoms with Crippen molar-refractivity contribution in [3.63, 3.8) is 0 Å². The number of likely N-dealkylation sites (tertiary alicyclic amines) is 1. The molecular weight excluding hydrogens is 420 g/mol. The Kier molecular flexibility index (Phi) is 4.24. The van der Waals surface area contributed by atoms with Crippen LogP contribution in [0.4, 0.5) is 0 Å². The Bertz CT molecular complexity index is 1150. The lowest BCUT2D eigenvalue weighted by Crippen LogP contribution is -2.29. The highest BCUT2D eigenvalue weighted by Crippen LogP contribution is 2.32. The molecule has 3 aromatic heterocycles. The molecule has 6 nitrogen and oxygen atoms in total. The Hall–Kier alpha value is -2.93. The molecule has 0 radical (unpaired) electrons. The van der Waals surface area contributed by atoms with Crippen LogP contribution >= 0.6 is 15.9 Å². The molecule has 0 aliphatic carbocycles. The Morgan fingerprint density at radius 2 is 2.11 bits per heavy atom. The van der Waals surface area contributed by atoms with Crippen molar-refractivity contribution in [1.29, 1.82) is 0 Å². The Morgan fingerprint density at radius 3 is 2.93 bits per heavy atom. The molecule has 1 amide bonds. The van der Waals surface area contributed by atoms with Crippen LogP contribution in [0.25, 0.3) is 22.7 Å². The largest absolute Gasteiger partial charge is 0.461 e. The predicted molar refractivity (Wildman–Crippen MR) is 109 cm³/mol. The maximum Gasteiger partial charge on any atom is 0.253 e. The van der Waals surface area contributed by atoms with Gasteiger partial charge in [0.1, 0.15) is 5.52 Å². The first-order chi connectivity index (χ1) is 13.7. The zero-order chi connectivity index (χ0) is 19.1. The second kappa shape index (κ2) is 6.91. The molecule has 28 heavy (non-hydrogen) atoms. The van der Waals surface area contributed by atoms with Crippen LogP contribution in [0.2, 0.25) is 0 Å². The van der Waals surface area contributed by atoms with Crippen molar-refractivity contribution in [2.45, 2.75) is 12.5 Å². The van der Waals surface area contributed by atoms with Gasteiger partial charge in [-0.15, -0.1) is 0 Å². The first-order valence-electron chi connectivity index (χ1n) is 9.12. The van der Waals surface area contributed by atoms with Crippen LogP contribution in [0.3, 0.4) is 0 Å². The topological polar surface area (TPSA) is 64.2 Å². The molecule has 140 valence electrons. The average molecular weight is 437 g/mol. The number of pyridine rings is 1. The number of benzene rings is 1. The van der Waals surface area contributed by atoms with Gasteiger partial charge >= 0.3 is 0 Å². The van der Waals surface area contributed by atoms with E-state index in [9.17, 15) is 4.79 Å². The summed E-state index contributed by atoms with van der Waals surface area (Å²) in [6.07, 6.45) is 4.26. The second-order valence-corrected chi connectivity index (χ2v) is 7.75. The predicted octanol–water partition coefficient (Wildman–Crippen LogP) is 4.54. The van der Waals surface area contributed by atoms with Crippen molar-refractivity contribution < 1.29 is 9.21 Å². The number of halogens is 1. The van der Waals surface area contributed by atoms with E-state index in [1.54, 1.807) is 12.5 Å². The highest BCUT2D eigenvalue weighted by atomic mass is 79.9. The second-order valence-electron chi connectivity index (χ2n) is 6.83. The van der Waals surface area contributed by atoms with Crippen molar-refractivity contribution in [3.8, 4) is 11.6 Å². The lowest BCUT2D eigenvalue weighted by Gasteiger charge is -2.18. The molecule has 4 aromatic rings. The molecular formula is C21H17BrN4O2. The van der Waals surface area contributed by atoms with Crippen molar-refractivity contribution >= 4 is 33.0 Å². The molecule has 0 saturated carbocycles. The van der Waals surface area contributed by atoms with Crippen molar-refractivity contribution in [3.05, 3.63) is 71.0 Å². The van der Waals surface area contributed by atoms with Crippen molar-refractivity contribution in [1.82, 2.24) is 19.4 Å². The van der Waals surface area contributed by atoms with Crippen LogP contribution in [0.5, 0.6) is 0 Å². The van der Waals surface area contributed by atoms with Crippen LogP contribution in [0.1, 0.15) is 22.8 Å². The van der Waals surface area contributed by atoms with Gasteiger partial charge in [0.25, 0.3) is 5.91 Å². The van der Waals surface area contributed by atoms with E-state index in [-0.39, 0.29) is 11.9 Å². The van der Waals surface area contributed by atoms with Gasteiger partial charge in [0.2, 0.25) is 0 Å². The first kappa shape index (κ1) is 17.2. The first-order valence-corrected chi connectivity index (χ1v) is 9.91. The molecule has 1 fully saturated rings. The zero-order valence-corrected chi connectivity index (χ0v) is 16.5. The van der Waals surface area contributed by atoms with Gasteiger partial charge in [-0.3, -0.25) is 4.79 Å². The van der Waals surface area contributed by atoms with Gasteiger partial charge in [0.15, 0.2) is 17.2 Å². The van der Waals surface area contributed by atoms with Gasteiger partial charge in [0.05, 0.1) is 12.3 Å². The maximum atomic E-state index is 12.9. The van der Waals surface area contributed by atoms with E-state index in [1.165, 1.54) is 0 Å². The molecule has 0 unspecified atom stereocenters. The third-order valence-corrected chi connectivity index (χ3v) is 5.57. The molecule has 1 aliphatic heterocycles. The van der Waals surface area contributed by atoms with Gasteiger partial charge in [-0.1, -0.05) is 22.0 Å².